The van der Waals surface area contributed by atoms with Crippen LogP contribution in [0, 0.1) is 19.8 Å². The third-order valence-electron chi connectivity index (χ3n) is 11.3. The van der Waals surface area contributed by atoms with Crippen molar-refractivity contribution in [2.75, 3.05) is 0 Å². The number of hydrogen-bond donors (Lipinski definition) is 1. The normalized spacial score (nSPS) is 12.7. The number of nitrogens with zero attached hydrogens (tertiary/aromatic N) is 3. The number of aromatic nitrogens is 3. The van der Waals surface area contributed by atoms with Crippen molar-refractivity contribution in [3.63, 3.8) is 0 Å². The maximum absolute atomic E-state index is 11.4. The second kappa shape index (κ2) is 17.3. The van der Waals surface area contributed by atoms with E-state index in [9.17, 15) is 5.11 Å². The average Bonchev–Trinajstić information content (AvgIpc) is 3.68. The first-order valence-electron chi connectivity index (χ1n) is 22.4. The first kappa shape index (κ1) is 36.5. The molecule has 0 saturated heterocycles. The molecule has 0 aliphatic heterocycles. The Morgan fingerprint density at radius 3 is 2.05 bits per heavy atom. The molecule has 0 aliphatic carbocycles. The Kier molecular flexibility index (Phi) is 10.4. The number of imidazole rings is 1. The van der Waals surface area contributed by atoms with Crippen molar-refractivity contribution in [2.24, 2.45) is 0 Å². The van der Waals surface area contributed by atoms with E-state index in [-0.39, 0.29) is 38.3 Å². The van der Waals surface area contributed by atoms with Gasteiger partial charge in [-0.25, -0.2) is 4.98 Å². The van der Waals surface area contributed by atoms with Gasteiger partial charge in [-0.15, -0.1) is 23.8 Å². The summed E-state index contributed by atoms with van der Waals surface area (Å²) in [5, 5.41) is 11.4. The fourth-order valence-electron chi connectivity index (χ4n) is 7.91. The minimum Gasteiger partial charge on any atom is -0.507 e. The number of fused-ring (bicyclic) bond motifs is 1. The number of rotatable bonds is 9. The van der Waals surface area contributed by atoms with Gasteiger partial charge in [-0.05, 0) is 106 Å². The van der Waals surface area contributed by atoms with Gasteiger partial charge in [0.25, 0.3) is 0 Å². The fraction of sp³-hybridized carbons (Fsp3) is 0.143. The zero-order valence-electron chi connectivity index (χ0n) is 38.8. The van der Waals surface area contributed by atoms with E-state index in [4.69, 9.17) is 15.5 Å². The molecule has 0 saturated carbocycles. The maximum atomic E-state index is 11.4. The Morgan fingerprint density at radius 1 is 0.623 bits per heavy atom. The summed E-state index contributed by atoms with van der Waals surface area (Å²) in [7, 11) is 0. The molecule has 5 heteroatoms. The van der Waals surface area contributed by atoms with E-state index in [2.05, 4.69) is 93.6 Å². The Balaban J connectivity index is 0.00000576. The van der Waals surface area contributed by atoms with E-state index in [0.717, 1.165) is 66.9 Å². The molecular formula is C56H48N3OPt-. The summed E-state index contributed by atoms with van der Waals surface area (Å²) in [6.45, 7) is 7.51. The summed E-state index contributed by atoms with van der Waals surface area (Å²) in [4.78, 5) is 10.1. The van der Waals surface area contributed by atoms with E-state index in [1.165, 1.54) is 5.56 Å². The van der Waals surface area contributed by atoms with E-state index in [1.807, 2.05) is 91.3 Å². The van der Waals surface area contributed by atoms with Crippen LogP contribution in [0.4, 0.5) is 0 Å². The Hall–Kier alpha value is -6.35. The zero-order chi connectivity index (χ0) is 44.9. The predicted molar refractivity (Wildman–Crippen MR) is 250 cm³/mol. The van der Waals surface area contributed by atoms with Gasteiger partial charge < -0.3 is 5.11 Å². The number of pyridine rings is 1. The third-order valence-corrected chi connectivity index (χ3v) is 11.3. The van der Waals surface area contributed by atoms with Crippen molar-refractivity contribution in [1.82, 2.24) is 14.5 Å². The monoisotopic (exact) mass is 977 g/mol. The number of benzene rings is 7. The number of aryl methyl sites for hydroxylation is 2. The third kappa shape index (κ3) is 8.26. The van der Waals surface area contributed by atoms with Crippen molar-refractivity contribution in [3.05, 3.63) is 192 Å². The van der Waals surface area contributed by atoms with Crippen LogP contribution in [0.5, 0.6) is 5.75 Å². The molecule has 0 amide bonds. The minimum absolute atomic E-state index is 0. The Bertz CT molecular complexity index is 3190. The molecule has 0 spiro atoms. The van der Waals surface area contributed by atoms with E-state index < -0.39 is 12.7 Å². The topological polar surface area (TPSA) is 50.9 Å². The molecule has 304 valence electrons. The molecule has 0 radical (unpaired) electrons. The Morgan fingerprint density at radius 2 is 1.30 bits per heavy atom. The smallest absolute Gasteiger partial charge is 0.148 e. The summed E-state index contributed by atoms with van der Waals surface area (Å²) < 4.78 is 37.5. The van der Waals surface area contributed by atoms with Gasteiger partial charge in [0.15, 0.2) is 0 Å². The second-order valence-electron chi connectivity index (χ2n) is 16.0. The molecule has 0 bridgehead atoms. The van der Waals surface area contributed by atoms with Crippen LogP contribution in [0.1, 0.15) is 67.2 Å². The fourth-order valence-corrected chi connectivity index (χ4v) is 7.91. The Labute approximate surface area is 379 Å². The quantitative estimate of drug-likeness (QED) is 0.147. The SMILES string of the molecule is [2H]C([2H])([2H])c1cc(-c2cc(C(C)C)cc(C([2H])(C)C)c2)ccc1-n1c(-c2ccccc2O)nc2c(-c3[c-]c(-c4cc(-c5ccc(C)cc5)ccn4)cc(-c4ccccc4)c3)cccc21.[Pt]. The van der Waals surface area contributed by atoms with Crippen molar-refractivity contribution >= 4 is 11.0 Å². The van der Waals surface area contributed by atoms with Gasteiger partial charge in [0, 0.05) is 38.4 Å². The van der Waals surface area contributed by atoms with Crippen LogP contribution in [0.25, 0.3) is 83.9 Å². The standard InChI is InChI=1S/C56H48N3O.Pt/c1-35(2)43-28-44(36(3)4)30-46(29-43)41-23-24-52(38(6)27-41)59-53-17-12-16-49(55(53)58-56(59)50-15-10-11-18-54(50)60)47-31-45(39-13-8-7-9-14-39)32-48(33-47)51-34-42(25-26-57-51)40-21-19-37(5)20-22-40;/h7-32,34-36,60H,1-6H3;/q-1;/i6D3,35D;. The first-order chi connectivity index (χ1) is 30.6. The molecule has 7 aromatic carbocycles. The number of aromatic hydroxyl groups is 1. The number of phenols is 1. The van der Waals surface area contributed by atoms with Crippen LogP contribution in [0.2, 0.25) is 0 Å². The van der Waals surface area contributed by atoms with Gasteiger partial charge in [-0.2, -0.15) is 0 Å². The first-order valence-corrected chi connectivity index (χ1v) is 20.4. The van der Waals surface area contributed by atoms with E-state index in [0.29, 0.717) is 28.1 Å². The van der Waals surface area contributed by atoms with Crippen LogP contribution in [-0.2, 0) is 21.1 Å². The largest absolute Gasteiger partial charge is 0.507 e. The summed E-state index contributed by atoms with van der Waals surface area (Å²) >= 11 is 0. The maximum Gasteiger partial charge on any atom is 0.148 e. The number of para-hydroxylation sites is 2. The van der Waals surface area contributed by atoms with Crippen LogP contribution < -0.4 is 0 Å². The van der Waals surface area contributed by atoms with Gasteiger partial charge in [-0.3, -0.25) is 9.55 Å². The summed E-state index contributed by atoms with van der Waals surface area (Å²) in [6, 6.07) is 55.3. The number of phenolic OH excluding ortho intramolecular Hbond substituents is 1. The molecule has 4 nitrogen and oxygen atoms in total. The van der Waals surface area contributed by atoms with Crippen LogP contribution in [-0.4, -0.2) is 19.6 Å². The van der Waals surface area contributed by atoms with Crippen molar-refractivity contribution in [1.29, 1.82) is 0 Å². The summed E-state index contributed by atoms with van der Waals surface area (Å²) in [6.07, 6.45) is 1.83. The molecule has 61 heavy (non-hydrogen) atoms. The molecule has 0 aliphatic rings. The van der Waals surface area contributed by atoms with Gasteiger partial charge in [-0.1, -0.05) is 159 Å². The predicted octanol–water partition coefficient (Wildman–Crippen LogP) is 14.8. The second-order valence-corrected chi connectivity index (χ2v) is 16.0. The van der Waals surface area contributed by atoms with Crippen LogP contribution in [0.15, 0.2) is 164 Å². The molecule has 9 aromatic rings. The van der Waals surface area contributed by atoms with Gasteiger partial charge in [0.2, 0.25) is 0 Å². The molecule has 2 heterocycles. The number of hydrogen-bond acceptors (Lipinski definition) is 3. The van der Waals surface area contributed by atoms with Crippen LogP contribution >= 0.6 is 0 Å². The molecule has 1 N–H and O–H groups in total. The molecule has 0 atom stereocenters. The molecule has 9 rings (SSSR count). The van der Waals surface area contributed by atoms with E-state index in [1.54, 1.807) is 24.3 Å². The van der Waals surface area contributed by atoms with Crippen molar-refractivity contribution in [2.45, 2.75) is 53.3 Å². The molecule has 0 fully saturated rings. The summed E-state index contributed by atoms with van der Waals surface area (Å²) in [5.74, 6) is -0.237. The van der Waals surface area contributed by atoms with Crippen LogP contribution in [0.3, 0.4) is 0 Å². The average molecular weight is 978 g/mol. The molecule has 0 unspecified atom stereocenters. The molecular weight excluding hydrogens is 926 g/mol. The minimum atomic E-state index is -2.53. The zero-order valence-corrected chi connectivity index (χ0v) is 37.0. The van der Waals surface area contributed by atoms with Gasteiger partial charge in [0.1, 0.15) is 11.6 Å². The molecule has 2 aromatic heterocycles. The van der Waals surface area contributed by atoms with E-state index >= 15 is 0 Å². The van der Waals surface area contributed by atoms with Crippen molar-refractivity contribution in [3.8, 4) is 78.6 Å². The van der Waals surface area contributed by atoms with Crippen molar-refractivity contribution < 1.29 is 31.7 Å². The van der Waals surface area contributed by atoms with Gasteiger partial charge >= 0.3 is 0 Å². The summed E-state index contributed by atoms with van der Waals surface area (Å²) in [5.41, 5.74) is 14.3. The van der Waals surface area contributed by atoms with Gasteiger partial charge in [0.05, 0.1) is 22.3 Å².